The number of benzene rings is 1. The van der Waals surface area contributed by atoms with Crippen LogP contribution in [0.3, 0.4) is 0 Å². The van der Waals surface area contributed by atoms with E-state index in [0.717, 1.165) is 0 Å². The van der Waals surface area contributed by atoms with Crippen LogP contribution < -0.4 is 4.90 Å². The molecule has 1 N–H and O–H groups in total. The molecule has 0 aliphatic rings. The van der Waals surface area contributed by atoms with E-state index < -0.39 is 0 Å². The maximum absolute atomic E-state index is 13.0. The van der Waals surface area contributed by atoms with Gasteiger partial charge in [-0.3, -0.25) is 0 Å². The maximum atomic E-state index is 13.0. The molecular weight excluding hydrogens is 223 g/mol. The van der Waals surface area contributed by atoms with E-state index in [0.29, 0.717) is 23.7 Å². The number of aliphatic hydroxyl groups excluding tert-OH is 1. The predicted molar refractivity (Wildman–Crippen MR) is 63.5 cm³/mol. The van der Waals surface area contributed by atoms with Gasteiger partial charge in [0.15, 0.2) is 5.58 Å². The van der Waals surface area contributed by atoms with E-state index in [-0.39, 0.29) is 18.5 Å². The van der Waals surface area contributed by atoms with Gasteiger partial charge in [-0.1, -0.05) is 0 Å². The third-order valence-corrected chi connectivity index (χ3v) is 2.55. The second-order valence-corrected chi connectivity index (χ2v) is 4.12. The second kappa shape index (κ2) is 4.71. The van der Waals surface area contributed by atoms with E-state index in [1.165, 1.54) is 12.1 Å². The lowest BCUT2D eigenvalue weighted by molar-refractivity contribution is 0.295. The van der Waals surface area contributed by atoms with Crippen molar-refractivity contribution < 1.29 is 13.9 Å². The Morgan fingerprint density at radius 3 is 2.88 bits per heavy atom. The van der Waals surface area contributed by atoms with Crippen molar-refractivity contribution in [2.75, 3.05) is 18.1 Å². The molecule has 0 amide bonds. The summed E-state index contributed by atoms with van der Waals surface area (Å²) in [5.74, 6) is -0.337. The van der Waals surface area contributed by atoms with E-state index in [2.05, 4.69) is 4.98 Å². The maximum Gasteiger partial charge on any atom is 0.298 e. The zero-order chi connectivity index (χ0) is 12.4. The Morgan fingerprint density at radius 2 is 2.24 bits per heavy atom. The van der Waals surface area contributed by atoms with Crippen LogP contribution in [0.4, 0.5) is 10.4 Å². The molecule has 0 atom stereocenters. The van der Waals surface area contributed by atoms with Crippen molar-refractivity contribution in [2.24, 2.45) is 0 Å². The van der Waals surface area contributed by atoms with E-state index in [1.54, 1.807) is 6.07 Å². The van der Waals surface area contributed by atoms with E-state index >= 15 is 0 Å². The van der Waals surface area contributed by atoms with Gasteiger partial charge in [-0.15, -0.1) is 0 Å². The van der Waals surface area contributed by atoms with Crippen LogP contribution in [0.15, 0.2) is 22.6 Å². The molecular formula is C12H15FN2O2. The highest BCUT2D eigenvalue weighted by molar-refractivity contribution is 5.74. The minimum absolute atomic E-state index is 0.0191. The lowest BCUT2D eigenvalue weighted by atomic mass is 10.3. The van der Waals surface area contributed by atoms with Crippen molar-refractivity contribution in [1.82, 2.24) is 4.98 Å². The number of fused-ring (bicyclic) bond motifs is 1. The van der Waals surface area contributed by atoms with E-state index in [1.807, 2.05) is 18.7 Å². The van der Waals surface area contributed by atoms with E-state index in [4.69, 9.17) is 9.52 Å². The molecule has 2 aromatic rings. The first kappa shape index (κ1) is 11.9. The SMILES string of the molecule is CC(C)N(CCO)c1nc2cc(F)ccc2o1. The molecule has 0 fully saturated rings. The minimum Gasteiger partial charge on any atom is -0.423 e. The number of aliphatic hydroxyl groups is 1. The van der Waals surface area contributed by atoms with Gasteiger partial charge in [0.2, 0.25) is 0 Å². The third kappa shape index (κ3) is 2.39. The summed E-state index contributed by atoms with van der Waals surface area (Å²) < 4.78 is 18.6. The lowest BCUT2D eigenvalue weighted by Gasteiger charge is -2.23. The number of rotatable bonds is 4. The number of aromatic nitrogens is 1. The van der Waals surface area contributed by atoms with Gasteiger partial charge in [0.05, 0.1) is 6.61 Å². The first-order valence-electron chi connectivity index (χ1n) is 5.55. The van der Waals surface area contributed by atoms with Crippen LogP contribution in [0.1, 0.15) is 13.8 Å². The summed E-state index contributed by atoms with van der Waals surface area (Å²) >= 11 is 0. The second-order valence-electron chi connectivity index (χ2n) is 4.12. The van der Waals surface area contributed by atoms with Gasteiger partial charge in [0, 0.05) is 18.7 Å². The van der Waals surface area contributed by atoms with Crippen LogP contribution >= 0.6 is 0 Å². The van der Waals surface area contributed by atoms with Gasteiger partial charge in [-0.05, 0) is 26.0 Å². The van der Waals surface area contributed by atoms with Crippen molar-refractivity contribution in [3.8, 4) is 0 Å². The molecule has 2 rings (SSSR count). The largest absolute Gasteiger partial charge is 0.423 e. The molecule has 0 unspecified atom stereocenters. The Morgan fingerprint density at radius 1 is 1.47 bits per heavy atom. The highest BCUT2D eigenvalue weighted by atomic mass is 19.1. The van der Waals surface area contributed by atoms with Crippen LogP contribution in [0, 0.1) is 5.82 Å². The fourth-order valence-electron chi connectivity index (χ4n) is 1.69. The van der Waals surface area contributed by atoms with Gasteiger partial charge in [0.1, 0.15) is 11.3 Å². The summed E-state index contributed by atoms with van der Waals surface area (Å²) in [6.45, 7) is 4.41. The van der Waals surface area contributed by atoms with Crippen LogP contribution in [0.25, 0.3) is 11.1 Å². The van der Waals surface area contributed by atoms with E-state index in [9.17, 15) is 4.39 Å². The molecule has 4 nitrogen and oxygen atoms in total. The number of hydrogen-bond donors (Lipinski definition) is 1. The molecule has 1 heterocycles. The quantitative estimate of drug-likeness (QED) is 0.886. The fourth-order valence-corrected chi connectivity index (χ4v) is 1.69. The number of nitrogens with zero attached hydrogens (tertiary/aromatic N) is 2. The number of anilines is 1. The van der Waals surface area contributed by atoms with Crippen molar-refractivity contribution in [2.45, 2.75) is 19.9 Å². The molecule has 0 bridgehead atoms. The Balaban J connectivity index is 2.40. The molecule has 0 saturated heterocycles. The van der Waals surface area contributed by atoms with Crippen molar-refractivity contribution >= 4 is 17.1 Å². The smallest absolute Gasteiger partial charge is 0.298 e. The number of hydrogen-bond acceptors (Lipinski definition) is 4. The van der Waals surface area contributed by atoms with Crippen LogP contribution in [-0.4, -0.2) is 29.3 Å². The highest BCUT2D eigenvalue weighted by Gasteiger charge is 2.16. The molecule has 0 radical (unpaired) electrons. The van der Waals surface area contributed by atoms with Crippen molar-refractivity contribution in [1.29, 1.82) is 0 Å². The summed E-state index contributed by atoms with van der Waals surface area (Å²) in [6, 6.07) is 4.79. The normalized spacial score (nSPS) is 11.4. The van der Waals surface area contributed by atoms with Gasteiger partial charge >= 0.3 is 0 Å². The van der Waals surface area contributed by atoms with Crippen LogP contribution in [-0.2, 0) is 0 Å². The first-order valence-corrected chi connectivity index (χ1v) is 5.55. The Labute approximate surface area is 98.7 Å². The van der Waals surface area contributed by atoms with Gasteiger partial charge in [-0.25, -0.2) is 4.39 Å². The number of halogens is 1. The Hall–Kier alpha value is -1.62. The van der Waals surface area contributed by atoms with Gasteiger partial charge in [0.25, 0.3) is 6.01 Å². The van der Waals surface area contributed by atoms with Gasteiger partial charge < -0.3 is 14.4 Å². The minimum atomic E-state index is -0.337. The summed E-state index contributed by atoms with van der Waals surface area (Å²) in [5, 5.41) is 8.99. The average molecular weight is 238 g/mol. The molecule has 0 spiro atoms. The topological polar surface area (TPSA) is 49.5 Å². The standard InChI is InChI=1S/C12H15FN2O2/c1-8(2)15(5-6-16)12-14-10-7-9(13)3-4-11(10)17-12/h3-4,7-8,16H,5-6H2,1-2H3. The van der Waals surface area contributed by atoms with Crippen molar-refractivity contribution in [3.05, 3.63) is 24.0 Å². The summed E-state index contributed by atoms with van der Waals surface area (Å²) in [7, 11) is 0. The average Bonchev–Trinajstić information content (AvgIpc) is 2.67. The van der Waals surface area contributed by atoms with Crippen LogP contribution in [0.2, 0.25) is 0 Å². The summed E-state index contributed by atoms with van der Waals surface area (Å²) in [6.07, 6.45) is 0. The zero-order valence-corrected chi connectivity index (χ0v) is 9.85. The molecule has 0 aliphatic carbocycles. The highest BCUT2D eigenvalue weighted by Crippen LogP contribution is 2.23. The monoisotopic (exact) mass is 238 g/mol. The molecule has 1 aromatic carbocycles. The molecule has 5 heteroatoms. The number of oxazole rings is 1. The molecule has 0 saturated carbocycles. The molecule has 0 aliphatic heterocycles. The predicted octanol–water partition coefficient (Wildman–Crippen LogP) is 2.17. The third-order valence-electron chi connectivity index (χ3n) is 2.55. The Kier molecular flexibility index (Phi) is 3.28. The molecule has 17 heavy (non-hydrogen) atoms. The molecule has 92 valence electrons. The fraction of sp³-hybridized carbons (Fsp3) is 0.417. The van der Waals surface area contributed by atoms with Crippen LogP contribution in [0.5, 0.6) is 0 Å². The lowest BCUT2D eigenvalue weighted by Crippen LogP contribution is -2.33. The molecule has 1 aromatic heterocycles. The van der Waals surface area contributed by atoms with Crippen molar-refractivity contribution in [3.63, 3.8) is 0 Å². The first-order chi connectivity index (χ1) is 8.11. The van der Waals surface area contributed by atoms with Gasteiger partial charge in [-0.2, -0.15) is 4.98 Å². The Bertz CT molecular complexity index is 510. The summed E-state index contributed by atoms with van der Waals surface area (Å²) in [5.41, 5.74) is 1.04. The summed E-state index contributed by atoms with van der Waals surface area (Å²) in [4.78, 5) is 6.05. The zero-order valence-electron chi connectivity index (χ0n) is 9.85.